The average Bonchev–Trinajstić information content (AvgIpc) is 2.15. The van der Waals surface area contributed by atoms with Crippen LogP contribution in [0.15, 0.2) is 6.20 Å². The van der Waals surface area contributed by atoms with Crippen LogP contribution >= 0.6 is 0 Å². The lowest BCUT2D eigenvalue weighted by molar-refractivity contribution is 0.400. The Labute approximate surface area is 91.3 Å². The van der Waals surface area contributed by atoms with Gasteiger partial charge in [-0.2, -0.15) is 0 Å². The molecule has 1 aliphatic rings. The zero-order valence-corrected chi connectivity index (χ0v) is 9.80. The van der Waals surface area contributed by atoms with Crippen LogP contribution in [-0.4, -0.2) is 16.5 Å². The van der Waals surface area contributed by atoms with E-state index in [0.717, 1.165) is 31.0 Å². The van der Waals surface area contributed by atoms with Gasteiger partial charge in [0.2, 0.25) is 0 Å². The van der Waals surface area contributed by atoms with Gasteiger partial charge >= 0.3 is 0 Å². The molecule has 0 saturated carbocycles. The van der Waals surface area contributed by atoms with Gasteiger partial charge in [-0.25, -0.2) is 9.97 Å². The lowest BCUT2D eigenvalue weighted by Gasteiger charge is -2.20. The highest BCUT2D eigenvalue weighted by Crippen LogP contribution is 2.22. The number of rotatable bonds is 1. The van der Waals surface area contributed by atoms with Gasteiger partial charge in [-0.3, -0.25) is 0 Å². The molecule has 0 fully saturated rings. The minimum atomic E-state index is 0.253. The van der Waals surface area contributed by atoms with Crippen molar-refractivity contribution in [2.75, 3.05) is 11.9 Å². The highest BCUT2D eigenvalue weighted by atomic mass is 15.0. The number of fused-ring (bicyclic) bond motifs is 1. The van der Waals surface area contributed by atoms with Crippen molar-refractivity contribution in [1.82, 2.24) is 9.97 Å². The lowest BCUT2D eigenvalue weighted by atomic mass is 9.92. The fourth-order valence-corrected chi connectivity index (χ4v) is 1.82. The summed E-state index contributed by atoms with van der Waals surface area (Å²) < 4.78 is 0. The van der Waals surface area contributed by atoms with Crippen LogP contribution < -0.4 is 5.32 Å². The Hall–Kier alpha value is -1.12. The highest BCUT2D eigenvalue weighted by Gasteiger charge is 2.16. The first-order valence-corrected chi connectivity index (χ1v) is 5.63. The molecule has 3 nitrogen and oxygen atoms in total. The first-order chi connectivity index (χ1) is 7.04. The van der Waals surface area contributed by atoms with Crippen molar-refractivity contribution in [3.05, 3.63) is 17.6 Å². The number of hydrogen-bond acceptors (Lipinski definition) is 3. The van der Waals surface area contributed by atoms with E-state index in [1.807, 2.05) is 6.20 Å². The van der Waals surface area contributed by atoms with E-state index in [4.69, 9.17) is 0 Å². The molecule has 2 rings (SSSR count). The Morgan fingerprint density at radius 1 is 1.40 bits per heavy atom. The summed E-state index contributed by atoms with van der Waals surface area (Å²) in [6.07, 6.45) is 5.21. The van der Waals surface area contributed by atoms with E-state index >= 15 is 0 Å². The van der Waals surface area contributed by atoms with E-state index in [1.165, 1.54) is 12.0 Å². The summed E-state index contributed by atoms with van der Waals surface area (Å²) in [6.45, 7) is 7.68. The van der Waals surface area contributed by atoms with Crippen molar-refractivity contribution >= 4 is 5.82 Å². The number of aryl methyl sites for hydroxylation is 1. The Kier molecular flexibility index (Phi) is 2.63. The molecular formula is C12H19N3. The average molecular weight is 205 g/mol. The van der Waals surface area contributed by atoms with Crippen molar-refractivity contribution < 1.29 is 0 Å². The highest BCUT2D eigenvalue weighted by molar-refractivity contribution is 5.45. The summed E-state index contributed by atoms with van der Waals surface area (Å²) in [5.41, 5.74) is 1.52. The molecule has 1 aromatic rings. The summed E-state index contributed by atoms with van der Waals surface area (Å²) in [5.74, 6) is 2.01. The van der Waals surface area contributed by atoms with E-state index in [2.05, 4.69) is 36.1 Å². The molecule has 3 heteroatoms. The van der Waals surface area contributed by atoms with Gasteiger partial charge in [0.1, 0.15) is 11.6 Å². The Bertz CT molecular complexity index is 352. The second-order valence-corrected chi connectivity index (χ2v) is 5.43. The van der Waals surface area contributed by atoms with Gasteiger partial charge in [0.25, 0.3) is 0 Å². The molecule has 0 amide bonds. The van der Waals surface area contributed by atoms with Gasteiger partial charge in [0.05, 0.1) is 0 Å². The molecule has 0 aromatic carbocycles. The third-order valence-corrected chi connectivity index (χ3v) is 2.52. The van der Waals surface area contributed by atoms with Crippen LogP contribution in [0.5, 0.6) is 0 Å². The summed E-state index contributed by atoms with van der Waals surface area (Å²) >= 11 is 0. The predicted molar refractivity (Wildman–Crippen MR) is 62.0 cm³/mol. The van der Waals surface area contributed by atoms with Gasteiger partial charge in [-0.05, 0) is 18.3 Å². The van der Waals surface area contributed by atoms with Gasteiger partial charge in [0.15, 0.2) is 0 Å². The normalized spacial score (nSPS) is 15.7. The molecule has 0 aliphatic carbocycles. The molecule has 0 saturated heterocycles. The van der Waals surface area contributed by atoms with Crippen molar-refractivity contribution in [2.45, 2.75) is 40.0 Å². The van der Waals surface area contributed by atoms with Crippen LogP contribution in [0.1, 0.15) is 38.6 Å². The Morgan fingerprint density at radius 2 is 2.20 bits per heavy atom. The van der Waals surface area contributed by atoms with E-state index < -0.39 is 0 Å². The molecule has 0 radical (unpaired) electrons. The molecular weight excluding hydrogens is 186 g/mol. The van der Waals surface area contributed by atoms with E-state index in [9.17, 15) is 0 Å². The summed E-state index contributed by atoms with van der Waals surface area (Å²) in [7, 11) is 0. The summed E-state index contributed by atoms with van der Waals surface area (Å²) in [6, 6.07) is 0. The second-order valence-electron chi connectivity index (χ2n) is 5.43. The van der Waals surface area contributed by atoms with E-state index in [-0.39, 0.29) is 5.41 Å². The van der Waals surface area contributed by atoms with Gasteiger partial charge in [-0.1, -0.05) is 20.8 Å². The maximum atomic E-state index is 4.58. The van der Waals surface area contributed by atoms with Crippen LogP contribution in [0.3, 0.4) is 0 Å². The van der Waals surface area contributed by atoms with Crippen LogP contribution in [-0.2, 0) is 12.8 Å². The fraction of sp³-hybridized carbons (Fsp3) is 0.667. The fourth-order valence-electron chi connectivity index (χ4n) is 1.82. The molecule has 0 atom stereocenters. The van der Waals surface area contributed by atoms with E-state index in [1.54, 1.807) is 0 Å². The smallest absolute Gasteiger partial charge is 0.132 e. The lowest BCUT2D eigenvalue weighted by Crippen LogP contribution is -2.17. The van der Waals surface area contributed by atoms with Crippen molar-refractivity contribution in [2.24, 2.45) is 5.41 Å². The Balaban J connectivity index is 2.21. The monoisotopic (exact) mass is 205 g/mol. The largest absolute Gasteiger partial charge is 0.370 e. The van der Waals surface area contributed by atoms with Gasteiger partial charge in [-0.15, -0.1) is 0 Å². The molecule has 0 bridgehead atoms. The van der Waals surface area contributed by atoms with Crippen molar-refractivity contribution in [3.63, 3.8) is 0 Å². The zero-order chi connectivity index (χ0) is 10.9. The second kappa shape index (κ2) is 3.80. The molecule has 0 spiro atoms. The SMILES string of the molecule is CC(C)(C)Cc1ncc2c(n1)NCCC2. The molecule has 1 aliphatic heterocycles. The van der Waals surface area contributed by atoms with Gasteiger partial charge < -0.3 is 5.32 Å². The summed E-state index contributed by atoms with van der Waals surface area (Å²) in [4.78, 5) is 9.00. The van der Waals surface area contributed by atoms with Crippen LogP contribution in [0.4, 0.5) is 5.82 Å². The first-order valence-electron chi connectivity index (χ1n) is 5.63. The number of anilines is 1. The van der Waals surface area contributed by atoms with Crippen LogP contribution in [0, 0.1) is 5.41 Å². The minimum absolute atomic E-state index is 0.253. The molecule has 15 heavy (non-hydrogen) atoms. The Morgan fingerprint density at radius 3 is 2.93 bits per heavy atom. The topological polar surface area (TPSA) is 37.8 Å². The number of nitrogens with one attached hydrogen (secondary N) is 1. The number of aromatic nitrogens is 2. The van der Waals surface area contributed by atoms with E-state index in [0.29, 0.717) is 0 Å². The molecule has 0 unspecified atom stereocenters. The first kappa shape index (κ1) is 10.4. The molecule has 1 N–H and O–H groups in total. The maximum Gasteiger partial charge on any atom is 0.132 e. The third kappa shape index (κ3) is 2.67. The molecule has 2 heterocycles. The van der Waals surface area contributed by atoms with Crippen LogP contribution in [0.2, 0.25) is 0 Å². The standard InChI is InChI=1S/C12H19N3/c1-12(2,3)7-10-14-8-9-5-4-6-13-11(9)15-10/h8H,4-7H2,1-3H3,(H,13,14,15). The van der Waals surface area contributed by atoms with Crippen molar-refractivity contribution in [1.29, 1.82) is 0 Å². The maximum absolute atomic E-state index is 4.58. The molecule has 82 valence electrons. The van der Waals surface area contributed by atoms with Crippen LogP contribution in [0.25, 0.3) is 0 Å². The predicted octanol–water partition coefficient (Wildman–Crippen LogP) is 2.42. The quantitative estimate of drug-likeness (QED) is 0.765. The summed E-state index contributed by atoms with van der Waals surface area (Å²) in [5, 5.41) is 3.34. The van der Waals surface area contributed by atoms with Crippen molar-refractivity contribution in [3.8, 4) is 0 Å². The molecule has 1 aromatic heterocycles. The number of hydrogen-bond donors (Lipinski definition) is 1. The zero-order valence-electron chi connectivity index (χ0n) is 9.80. The van der Waals surface area contributed by atoms with Gasteiger partial charge in [0, 0.05) is 24.7 Å². The number of nitrogens with zero attached hydrogens (tertiary/aromatic N) is 2. The third-order valence-electron chi connectivity index (χ3n) is 2.52. The minimum Gasteiger partial charge on any atom is -0.370 e.